The highest BCUT2D eigenvalue weighted by molar-refractivity contribution is 5.95. The van der Waals surface area contributed by atoms with Crippen molar-refractivity contribution in [2.45, 2.75) is 133 Å². The third-order valence-electron chi connectivity index (χ3n) is 9.11. The summed E-state index contributed by atoms with van der Waals surface area (Å²) in [6.45, 7) is 16.0. The minimum Gasteiger partial charge on any atom is -0.481 e. The lowest BCUT2D eigenvalue weighted by atomic mass is 9.89. The van der Waals surface area contributed by atoms with Gasteiger partial charge in [0.25, 0.3) is 0 Å². The van der Waals surface area contributed by atoms with Crippen LogP contribution in [0.1, 0.15) is 121 Å². The summed E-state index contributed by atoms with van der Waals surface area (Å²) in [5.41, 5.74) is -5.82. The van der Waals surface area contributed by atoms with E-state index < -0.39 is 70.9 Å². The molecule has 0 aromatic rings. The second-order valence-corrected chi connectivity index (χ2v) is 15.3. The van der Waals surface area contributed by atoms with Crippen molar-refractivity contribution in [1.82, 2.24) is 0 Å². The molecule has 0 aromatic carbocycles. The quantitative estimate of drug-likeness (QED) is 0.0466. The Morgan fingerprint density at radius 1 is 0.484 bits per heavy atom. The summed E-state index contributed by atoms with van der Waals surface area (Å²) in [7, 11) is 0. The predicted molar refractivity (Wildman–Crippen MR) is 212 cm³/mol. The number of aliphatic hydroxyl groups is 1. The van der Waals surface area contributed by atoms with Crippen molar-refractivity contribution in [3.8, 4) is 0 Å². The molecule has 0 heterocycles. The molecule has 0 spiro atoms. The average molecular weight is 905 g/mol. The molecule has 360 valence electrons. The maximum Gasteiger partial charge on any atom is 0.417 e. The van der Waals surface area contributed by atoms with Gasteiger partial charge in [-0.2, -0.15) is 13.2 Å². The Labute approximate surface area is 361 Å². The molecular formula is C41H67F3O18. The number of carbonyl (C=O) groups excluding carboxylic acids is 8. The van der Waals surface area contributed by atoms with Crippen molar-refractivity contribution >= 4 is 53.2 Å². The minimum atomic E-state index is -4.82. The van der Waals surface area contributed by atoms with E-state index >= 15 is 0 Å². The van der Waals surface area contributed by atoms with Gasteiger partial charge < -0.3 is 43.4 Å². The molecular weight excluding hydrogens is 837 g/mol. The number of carbonyl (C=O) groups is 9. The van der Waals surface area contributed by atoms with Crippen LogP contribution in [0.5, 0.6) is 0 Å². The number of carboxylic acids is 1. The van der Waals surface area contributed by atoms with E-state index in [1.807, 2.05) is 6.92 Å². The first-order chi connectivity index (χ1) is 28.4. The van der Waals surface area contributed by atoms with Crippen molar-refractivity contribution in [2.24, 2.45) is 16.2 Å². The van der Waals surface area contributed by atoms with Gasteiger partial charge in [0.15, 0.2) is 5.60 Å². The number of hydrogen-bond acceptors (Lipinski definition) is 17. The molecule has 0 aliphatic carbocycles. The van der Waals surface area contributed by atoms with Crippen molar-refractivity contribution in [1.29, 1.82) is 0 Å². The van der Waals surface area contributed by atoms with Gasteiger partial charge in [0.1, 0.15) is 56.4 Å². The minimum absolute atomic E-state index is 0.0186. The number of ether oxygens (including phenoxy) is 7. The Kier molecular flexibility index (Phi) is 30.4. The number of esters is 5. The molecule has 18 nitrogen and oxygen atoms in total. The molecule has 21 heteroatoms. The molecule has 0 aliphatic heterocycles. The lowest BCUT2D eigenvalue weighted by Crippen LogP contribution is -2.43. The number of halogens is 3. The van der Waals surface area contributed by atoms with E-state index in [4.69, 9.17) is 38.3 Å². The molecule has 62 heavy (non-hydrogen) atoms. The van der Waals surface area contributed by atoms with Crippen LogP contribution in [0.2, 0.25) is 0 Å². The third kappa shape index (κ3) is 27.4. The second kappa shape index (κ2) is 30.5. The van der Waals surface area contributed by atoms with Crippen molar-refractivity contribution < 1.29 is 99.7 Å². The number of ketones is 3. The first-order valence-electron chi connectivity index (χ1n) is 19.9. The molecule has 0 bridgehead atoms. The molecule has 0 aromatic heterocycles. The fraction of sp³-hybridized carbons (Fsp3) is 0.780. The summed E-state index contributed by atoms with van der Waals surface area (Å²) in [5.74, 6) is -4.85. The van der Waals surface area contributed by atoms with E-state index in [2.05, 4.69) is 0 Å². The summed E-state index contributed by atoms with van der Waals surface area (Å²) in [6.07, 6.45) is -5.22. The first-order valence-corrected chi connectivity index (χ1v) is 19.9. The summed E-state index contributed by atoms with van der Waals surface area (Å²) >= 11 is 0. The zero-order valence-electron chi connectivity index (χ0n) is 37.9. The van der Waals surface area contributed by atoms with Crippen LogP contribution in [0.25, 0.3) is 0 Å². The molecule has 0 amide bonds. The van der Waals surface area contributed by atoms with Gasteiger partial charge in [-0.25, -0.2) is 0 Å². The van der Waals surface area contributed by atoms with Crippen LogP contribution < -0.4 is 0 Å². The van der Waals surface area contributed by atoms with Gasteiger partial charge in [-0.1, -0.05) is 20.8 Å². The van der Waals surface area contributed by atoms with Crippen LogP contribution in [-0.4, -0.2) is 135 Å². The normalized spacial score (nSPS) is 14.8. The van der Waals surface area contributed by atoms with Gasteiger partial charge >= 0.3 is 42.0 Å². The van der Waals surface area contributed by atoms with Gasteiger partial charge in [-0.15, -0.1) is 0 Å². The second-order valence-electron chi connectivity index (χ2n) is 15.3. The molecule has 4 unspecified atom stereocenters. The summed E-state index contributed by atoms with van der Waals surface area (Å²) in [5, 5.41) is 18.2. The van der Waals surface area contributed by atoms with Crippen LogP contribution in [0, 0.1) is 16.2 Å². The number of rotatable bonds is 28. The highest BCUT2D eigenvalue weighted by Gasteiger charge is 2.49. The number of hydrogen-bond donors (Lipinski definition) is 2. The van der Waals surface area contributed by atoms with Gasteiger partial charge in [0.2, 0.25) is 0 Å². The molecule has 0 rings (SSSR count). The third-order valence-corrected chi connectivity index (χ3v) is 9.11. The smallest absolute Gasteiger partial charge is 0.417 e. The lowest BCUT2D eigenvalue weighted by molar-refractivity contribution is -0.257. The molecule has 0 aliphatic rings. The van der Waals surface area contributed by atoms with Crippen molar-refractivity contribution in [2.75, 3.05) is 59.5 Å². The zero-order chi connectivity index (χ0) is 49.0. The Morgan fingerprint density at radius 2 is 0.839 bits per heavy atom. The Balaban J connectivity index is -0.000000881. The van der Waals surface area contributed by atoms with Gasteiger partial charge in [-0.3, -0.25) is 43.2 Å². The van der Waals surface area contributed by atoms with Crippen LogP contribution in [-0.2, 0) is 76.3 Å². The maximum absolute atomic E-state index is 12.6. The van der Waals surface area contributed by atoms with Gasteiger partial charge in [0.05, 0.1) is 55.9 Å². The molecule has 0 saturated carbocycles. The highest BCUT2D eigenvalue weighted by Crippen LogP contribution is 2.33. The average Bonchev–Trinajstić information content (AvgIpc) is 3.15. The molecule has 2 N–H and O–H groups in total. The van der Waals surface area contributed by atoms with E-state index in [1.54, 1.807) is 27.7 Å². The molecule has 4 atom stereocenters. The first kappa shape index (κ1) is 61.8. The maximum atomic E-state index is 12.6. The Bertz CT molecular complexity index is 1460. The van der Waals surface area contributed by atoms with E-state index in [0.29, 0.717) is 32.8 Å². The van der Waals surface area contributed by atoms with E-state index in [-0.39, 0.29) is 88.8 Å². The number of aliphatic carboxylic acids is 1. The fourth-order valence-electron chi connectivity index (χ4n) is 3.92. The number of Topliss-reactive ketones (excluding diaryl/α,β-unsaturated/α-hetero) is 3. The van der Waals surface area contributed by atoms with Gasteiger partial charge in [0, 0.05) is 6.42 Å². The fourth-order valence-corrected chi connectivity index (χ4v) is 3.92. The van der Waals surface area contributed by atoms with Crippen LogP contribution in [0.3, 0.4) is 0 Å². The van der Waals surface area contributed by atoms with Crippen LogP contribution in [0.4, 0.5) is 13.2 Å². The lowest BCUT2D eigenvalue weighted by Gasteiger charge is -2.28. The van der Waals surface area contributed by atoms with E-state index in [1.165, 1.54) is 34.6 Å². The van der Waals surface area contributed by atoms with E-state index in [9.17, 15) is 61.4 Å². The monoisotopic (exact) mass is 904 g/mol. The Hall–Kier alpha value is -4.50. The van der Waals surface area contributed by atoms with E-state index in [0.717, 1.165) is 0 Å². The SMILES string of the molecule is CCC(C)(COC(=O)CC(C)=O)C(=O)O.CCC(C)(COCCOC(=O)CC(C)=O)C(=O)OCCC(C)(O)C(F)(F)F.CCOC(=O)C(C)(CC)COCCOC(=O)CC(C)=O. The van der Waals surface area contributed by atoms with Gasteiger partial charge in [-0.05, 0) is 74.7 Å². The zero-order valence-corrected chi connectivity index (χ0v) is 37.9. The predicted octanol–water partition coefficient (Wildman–Crippen LogP) is 4.70. The number of carboxylic acid groups (broad SMARTS) is 1. The van der Waals surface area contributed by atoms with Crippen molar-refractivity contribution in [3.63, 3.8) is 0 Å². The summed E-state index contributed by atoms with van der Waals surface area (Å²) in [6, 6.07) is 0. The molecule has 0 saturated heterocycles. The van der Waals surface area contributed by atoms with Crippen molar-refractivity contribution in [3.05, 3.63) is 0 Å². The Morgan fingerprint density at radius 3 is 1.15 bits per heavy atom. The molecule has 0 radical (unpaired) electrons. The summed E-state index contributed by atoms with van der Waals surface area (Å²) in [4.78, 5) is 100.0. The summed E-state index contributed by atoms with van der Waals surface area (Å²) < 4.78 is 72.5. The standard InChI is InChI=1S/C17H27F3O7.C14H24O6.C10H16O5/c1-5-15(3,11-25-8-9-26-13(22)10-12(2)21)14(23)27-7-6-16(4,24)17(18,19)20;1-5-14(4,13(17)19-6-2)10-18-7-8-20-12(16)9-11(3)15;1-4-10(3,9(13)14)6-15-8(12)5-7(2)11/h24H,5-11H2,1-4H3;5-10H2,1-4H3;4-6H2,1-3H3,(H,13,14). The molecule has 0 fully saturated rings. The number of alkyl halides is 3. The van der Waals surface area contributed by atoms with Crippen LogP contribution in [0.15, 0.2) is 0 Å². The van der Waals surface area contributed by atoms with Crippen LogP contribution >= 0.6 is 0 Å². The largest absolute Gasteiger partial charge is 0.481 e. The topological polar surface area (TPSA) is 259 Å². The highest BCUT2D eigenvalue weighted by atomic mass is 19.4.